The van der Waals surface area contributed by atoms with Crippen LogP contribution in [0.25, 0.3) is 0 Å². The van der Waals surface area contributed by atoms with E-state index in [0.717, 1.165) is 6.67 Å². The molecule has 1 atom stereocenters. The molecule has 2 fully saturated rings. The second-order valence-corrected chi connectivity index (χ2v) is 7.83. The summed E-state index contributed by atoms with van der Waals surface area (Å²) in [5.41, 5.74) is 0.937. The van der Waals surface area contributed by atoms with E-state index in [-0.39, 0.29) is 5.54 Å². The van der Waals surface area contributed by atoms with Gasteiger partial charge in [-0.3, -0.25) is 15.1 Å². The van der Waals surface area contributed by atoms with Gasteiger partial charge in [0.2, 0.25) is 0 Å². The van der Waals surface area contributed by atoms with Crippen LogP contribution >= 0.6 is 0 Å². The third-order valence-corrected chi connectivity index (χ3v) is 4.39. The fourth-order valence-corrected chi connectivity index (χ4v) is 2.93. The summed E-state index contributed by atoms with van der Waals surface area (Å²) in [6.07, 6.45) is 1.29. The minimum absolute atomic E-state index is 0.283. The Labute approximate surface area is 107 Å². The Kier molecular flexibility index (Phi) is 3.08. The number of nitrogens with zero attached hydrogens (tertiary/aromatic N) is 2. The Morgan fingerprint density at radius 3 is 1.82 bits per heavy atom. The van der Waals surface area contributed by atoms with E-state index in [9.17, 15) is 0 Å². The summed E-state index contributed by atoms with van der Waals surface area (Å²) in [5.74, 6) is 0. The van der Waals surface area contributed by atoms with Gasteiger partial charge in [0.1, 0.15) is 0 Å². The third kappa shape index (κ3) is 2.67. The Balaban J connectivity index is 2.01. The summed E-state index contributed by atoms with van der Waals surface area (Å²) in [4.78, 5) is 5.19. The molecule has 2 aliphatic heterocycles. The van der Waals surface area contributed by atoms with Crippen LogP contribution in [-0.2, 0) is 0 Å². The first-order valence-corrected chi connectivity index (χ1v) is 6.88. The van der Waals surface area contributed by atoms with E-state index in [2.05, 4.69) is 56.7 Å². The maximum atomic E-state index is 3.77. The molecule has 2 rings (SSSR count). The number of rotatable bonds is 0. The van der Waals surface area contributed by atoms with Gasteiger partial charge in [0.05, 0.1) is 0 Å². The van der Waals surface area contributed by atoms with Crippen LogP contribution in [0, 0.1) is 0 Å². The maximum absolute atomic E-state index is 3.77. The molecule has 2 saturated heterocycles. The Hall–Kier alpha value is -0.120. The van der Waals surface area contributed by atoms with Gasteiger partial charge in [0.25, 0.3) is 0 Å². The molecule has 0 saturated carbocycles. The largest absolute Gasteiger partial charge is 0.297 e. The van der Waals surface area contributed by atoms with Crippen molar-refractivity contribution in [2.75, 3.05) is 26.3 Å². The zero-order valence-electron chi connectivity index (χ0n) is 12.4. The SMILES string of the molecule is CC(C)(C)N1CCC2(C1)CN(C(C)(C)C)CN2. The number of nitrogens with one attached hydrogen (secondary N) is 1. The summed E-state index contributed by atoms with van der Waals surface area (Å²) in [6, 6.07) is 0. The van der Waals surface area contributed by atoms with Crippen molar-refractivity contribution in [2.45, 2.75) is 64.6 Å². The van der Waals surface area contributed by atoms with E-state index >= 15 is 0 Å². The number of likely N-dealkylation sites (tertiary alicyclic amines) is 1. The van der Waals surface area contributed by atoms with Gasteiger partial charge in [-0.25, -0.2) is 0 Å². The molecule has 0 radical (unpaired) electrons. The molecule has 0 aromatic heterocycles. The first-order valence-electron chi connectivity index (χ1n) is 6.88. The van der Waals surface area contributed by atoms with Crippen LogP contribution in [0.2, 0.25) is 0 Å². The van der Waals surface area contributed by atoms with E-state index < -0.39 is 0 Å². The van der Waals surface area contributed by atoms with Crippen molar-refractivity contribution < 1.29 is 0 Å². The summed E-state index contributed by atoms with van der Waals surface area (Å²) >= 11 is 0. The molecular weight excluding hydrogens is 210 g/mol. The van der Waals surface area contributed by atoms with Gasteiger partial charge in [-0.2, -0.15) is 0 Å². The van der Waals surface area contributed by atoms with Gasteiger partial charge < -0.3 is 0 Å². The molecule has 2 heterocycles. The molecule has 1 unspecified atom stereocenters. The fourth-order valence-electron chi connectivity index (χ4n) is 2.93. The summed E-state index contributed by atoms with van der Waals surface area (Å²) in [5, 5.41) is 3.77. The number of hydrogen-bond donors (Lipinski definition) is 1. The minimum atomic E-state index is 0.283. The van der Waals surface area contributed by atoms with Gasteiger partial charge in [-0.1, -0.05) is 0 Å². The highest BCUT2D eigenvalue weighted by Gasteiger charge is 2.47. The highest BCUT2D eigenvalue weighted by molar-refractivity contribution is 5.06. The molecule has 0 aromatic carbocycles. The first kappa shape index (κ1) is 13.3. The van der Waals surface area contributed by atoms with Crippen molar-refractivity contribution in [3.05, 3.63) is 0 Å². The van der Waals surface area contributed by atoms with Crippen LogP contribution in [-0.4, -0.2) is 52.7 Å². The van der Waals surface area contributed by atoms with Crippen LogP contribution in [0.5, 0.6) is 0 Å². The normalized spacial score (nSPS) is 32.8. The minimum Gasteiger partial charge on any atom is -0.297 e. The summed E-state index contributed by atoms with van der Waals surface area (Å²) in [7, 11) is 0. The van der Waals surface area contributed by atoms with Gasteiger partial charge in [0, 0.05) is 42.9 Å². The smallest absolute Gasteiger partial charge is 0.0491 e. The van der Waals surface area contributed by atoms with Gasteiger partial charge >= 0.3 is 0 Å². The molecule has 1 N–H and O–H groups in total. The van der Waals surface area contributed by atoms with Gasteiger partial charge in [-0.15, -0.1) is 0 Å². The molecule has 2 aliphatic rings. The topological polar surface area (TPSA) is 18.5 Å². The van der Waals surface area contributed by atoms with Crippen molar-refractivity contribution in [1.29, 1.82) is 0 Å². The molecule has 1 spiro atoms. The van der Waals surface area contributed by atoms with Crippen molar-refractivity contribution >= 4 is 0 Å². The Bertz CT molecular complexity index is 255. The highest BCUT2D eigenvalue weighted by Crippen LogP contribution is 2.32. The lowest BCUT2D eigenvalue weighted by Gasteiger charge is -2.35. The summed E-state index contributed by atoms with van der Waals surface area (Å²) < 4.78 is 0. The van der Waals surface area contributed by atoms with Gasteiger partial charge in [0.15, 0.2) is 0 Å². The third-order valence-electron chi connectivity index (χ3n) is 4.39. The monoisotopic (exact) mass is 239 g/mol. The maximum Gasteiger partial charge on any atom is 0.0491 e. The lowest BCUT2D eigenvalue weighted by atomic mass is 9.97. The Morgan fingerprint density at radius 2 is 1.41 bits per heavy atom. The quantitative estimate of drug-likeness (QED) is 0.696. The van der Waals surface area contributed by atoms with Crippen molar-refractivity contribution in [2.24, 2.45) is 0 Å². The van der Waals surface area contributed by atoms with Crippen molar-refractivity contribution in [1.82, 2.24) is 15.1 Å². The molecule has 17 heavy (non-hydrogen) atoms. The van der Waals surface area contributed by atoms with E-state index in [1.807, 2.05) is 0 Å². The van der Waals surface area contributed by atoms with E-state index in [1.165, 1.54) is 26.1 Å². The highest BCUT2D eigenvalue weighted by atomic mass is 15.4. The second kappa shape index (κ2) is 3.94. The summed E-state index contributed by atoms with van der Waals surface area (Å²) in [6.45, 7) is 18.6. The average molecular weight is 239 g/mol. The molecule has 100 valence electrons. The Morgan fingerprint density at radius 1 is 0.882 bits per heavy atom. The molecule has 0 aromatic rings. The van der Waals surface area contributed by atoms with Crippen molar-refractivity contribution in [3.8, 4) is 0 Å². The molecular formula is C14H29N3. The molecule has 0 aliphatic carbocycles. The average Bonchev–Trinajstić information content (AvgIpc) is 2.72. The molecule has 0 bridgehead atoms. The van der Waals surface area contributed by atoms with Crippen LogP contribution in [0.3, 0.4) is 0 Å². The van der Waals surface area contributed by atoms with Gasteiger partial charge in [-0.05, 0) is 48.0 Å². The van der Waals surface area contributed by atoms with E-state index in [4.69, 9.17) is 0 Å². The predicted molar refractivity (Wildman–Crippen MR) is 73.1 cm³/mol. The van der Waals surface area contributed by atoms with E-state index in [1.54, 1.807) is 0 Å². The van der Waals surface area contributed by atoms with Crippen LogP contribution < -0.4 is 5.32 Å². The van der Waals surface area contributed by atoms with E-state index in [0.29, 0.717) is 11.1 Å². The van der Waals surface area contributed by atoms with Crippen LogP contribution in [0.1, 0.15) is 48.0 Å². The lowest BCUT2D eigenvalue weighted by Crippen LogP contribution is -2.49. The standard InChI is InChI=1S/C14H29N3/c1-12(2,3)16-8-7-14(9-16)10-17(11-15-14)13(4,5)6/h15H,7-11H2,1-6H3. The first-order chi connectivity index (χ1) is 7.62. The van der Waals surface area contributed by atoms with Crippen LogP contribution in [0.4, 0.5) is 0 Å². The fraction of sp³-hybridized carbons (Fsp3) is 1.00. The predicted octanol–water partition coefficient (Wildman–Crippen LogP) is 1.89. The molecule has 0 amide bonds. The zero-order chi connectivity index (χ0) is 12.9. The number of hydrogen-bond acceptors (Lipinski definition) is 3. The van der Waals surface area contributed by atoms with Crippen molar-refractivity contribution in [3.63, 3.8) is 0 Å². The second-order valence-electron chi connectivity index (χ2n) is 7.83. The zero-order valence-corrected chi connectivity index (χ0v) is 12.4. The molecule has 3 heteroatoms. The van der Waals surface area contributed by atoms with Crippen LogP contribution in [0.15, 0.2) is 0 Å². The molecule has 3 nitrogen and oxygen atoms in total. The lowest BCUT2D eigenvalue weighted by molar-refractivity contribution is 0.147.